The lowest BCUT2D eigenvalue weighted by Crippen LogP contribution is -2.00. The molecule has 0 radical (unpaired) electrons. The Morgan fingerprint density at radius 2 is 2.42 bits per heavy atom. The number of hydrogen-bond acceptors (Lipinski definition) is 4. The first-order valence-electron chi connectivity index (χ1n) is 3.67. The van der Waals surface area contributed by atoms with Crippen LogP contribution in [0, 0.1) is 0 Å². The zero-order valence-electron chi connectivity index (χ0n) is 6.95. The summed E-state index contributed by atoms with van der Waals surface area (Å²) < 4.78 is 5.03. The van der Waals surface area contributed by atoms with Crippen molar-refractivity contribution in [3.63, 3.8) is 0 Å². The van der Waals surface area contributed by atoms with Gasteiger partial charge in [-0.2, -0.15) is 0 Å². The number of anilines is 1. The van der Waals surface area contributed by atoms with E-state index in [-0.39, 0.29) is 6.61 Å². The predicted octanol–water partition coefficient (Wildman–Crippen LogP) is 0.207. The molecule has 0 aliphatic rings. The largest absolute Gasteiger partial charge is 0.495 e. The molecule has 0 amide bonds. The van der Waals surface area contributed by atoms with Crippen LogP contribution in [-0.2, 0) is 6.42 Å². The van der Waals surface area contributed by atoms with E-state index in [0.717, 1.165) is 5.69 Å². The average molecular weight is 168 g/mol. The number of nitrogen functional groups attached to an aromatic ring is 1. The van der Waals surface area contributed by atoms with Crippen molar-refractivity contribution >= 4 is 5.69 Å². The molecule has 0 atom stereocenters. The van der Waals surface area contributed by atoms with Gasteiger partial charge in [-0.05, 0) is 0 Å². The number of aromatic nitrogens is 1. The molecule has 0 saturated heterocycles. The van der Waals surface area contributed by atoms with E-state index in [1.54, 1.807) is 19.4 Å². The van der Waals surface area contributed by atoms with Gasteiger partial charge >= 0.3 is 0 Å². The van der Waals surface area contributed by atoms with Crippen molar-refractivity contribution in [3.8, 4) is 5.75 Å². The molecule has 1 aromatic rings. The Bertz CT molecular complexity index is 263. The first kappa shape index (κ1) is 8.80. The number of nitrogens with two attached hydrogens (primary N) is 1. The molecule has 0 bridgehead atoms. The number of aliphatic hydroxyl groups is 1. The number of rotatable bonds is 3. The zero-order valence-corrected chi connectivity index (χ0v) is 6.95. The van der Waals surface area contributed by atoms with Gasteiger partial charge in [-0.25, -0.2) is 0 Å². The van der Waals surface area contributed by atoms with Gasteiger partial charge in [-0.3, -0.25) is 4.98 Å². The van der Waals surface area contributed by atoms with Crippen LogP contribution in [0.1, 0.15) is 5.69 Å². The predicted molar refractivity (Wildman–Crippen MR) is 46.0 cm³/mol. The molecule has 12 heavy (non-hydrogen) atoms. The summed E-state index contributed by atoms with van der Waals surface area (Å²) in [7, 11) is 1.55. The van der Waals surface area contributed by atoms with Crippen molar-refractivity contribution in [1.82, 2.24) is 4.98 Å². The van der Waals surface area contributed by atoms with Crippen molar-refractivity contribution in [1.29, 1.82) is 0 Å². The van der Waals surface area contributed by atoms with Gasteiger partial charge in [0.25, 0.3) is 0 Å². The molecule has 1 aromatic heterocycles. The summed E-state index contributed by atoms with van der Waals surface area (Å²) in [4.78, 5) is 4.03. The quantitative estimate of drug-likeness (QED) is 0.676. The molecule has 1 rings (SSSR count). The molecule has 0 spiro atoms. The summed E-state index contributed by atoms with van der Waals surface area (Å²) in [6, 6.07) is 1.69. The van der Waals surface area contributed by atoms with E-state index in [9.17, 15) is 0 Å². The first-order valence-corrected chi connectivity index (χ1v) is 3.67. The third-order valence-corrected chi connectivity index (χ3v) is 1.52. The second-order valence-electron chi connectivity index (χ2n) is 2.39. The van der Waals surface area contributed by atoms with Crippen molar-refractivity contribution in [2.24, 2.45) is 0 Å². The fraction of sp³-hybridized carbons (Fsp3) is 0.375. The van der Waals surface area contributed by atoms with E-state index >= 15 is 0 Å². The molecule has 0 saturated carbocycles. The summed E-state index contributed by atoms with van der Waals surface area (Å²) in [6.07, 6.45) is 2.04. The molecular weight excluding hydrogens is 156 g/mol. The summed E-state index contributed by atoms with van der Waals surface area (Å²) in [6.45, 7) is 0.0628. The lowest BCUT2D eigenvalue weighted by atomic mass is 10.2. The van der Waals surface area contributed by atoms with Crippen LogP contribution >= 0.6 is 0 Å². The first-order chi connectivity index (χ1) is 5.77. The fourth-order valence-electron chi connectivity index (χ4n) is 0.958. The number of aliphatic hydroxyl groups excluding tert-OH is 1. The maximum absolute atomic E-state index is 8.68. The Hall–Kier alpha value is -1.29. The molecular formula is C8H12N2O2. The molecule has 4 heteroatoms. The number of pyridine rings is 1. The Kier molecular flexibility index (Phi) is 2.88. The van der Waals surface area contributed by atoms with Crippen molar-refractivity contribution < 1.29 is 9.84 Å². The molecule has 4 nitrogen and oxygen atoms in total. The Labute approximate surface area is 71.0 Å². The summed E-state index contributed by atoms with van der Waals surface area (Å²) in [5.41, 5.74) is 6.79. The van der Waals surface area contributed by atoms with Gasteiger partial charge in [0.1, 0.15) is 5.75 Å². The number of hydrogen-bond donors (Lipinski definition) is 2. The summed E-state index contributed by atoms with van der Waals surface area (Å²) in [5, 5.41) is 8.68. The van der Waals surface area contributed by atoms with Crippen LogP contribution in [0.2, 0.25) is 0 Å². The minimum Gasteiger partial charge on any atom is -0.495 e. The highest BCUT2D eigenvalue weighted by atomic mass is 16.5. The van der Waals surface area contributed by atoms with Crippen LogP contribution in [0.15, 0.2) is 12.3 Å². The van der Waals surface area contributed by atoms with Gasteiger partial charge in [0.05, 0.1) is 24.7 Å². The van der Waals surface area contributed by atoms with E-state index in [4.69, 9.17) is 15.6 Å². The maximum Gasteiger partial charge on any atom is 0.142 e. The molecule has 3 N–H and O–H groups in total. The Balaban J connectivity index is 2.94. The Morgan fingerprint density at radius 3 is 3.00 bits per heavy atom. The summed E-state index contributed by atoms with van der Waals surface area (Å²) >= 11 is 0. The van der Waals surface area contributed by atoms with Gasteiger partial charge in [0.2, 0.25) is 0 Å². The minimum atomic E-state index is 0.0628. The normalized spacial score (nSPS) is 9.83. The van der Waals surface area contributed by atoms with E-state index in [1.807, 2.05) is 0 Å². The molecule has 1 heterocycles. The van der Waals surface area contributed by atoms with Gasteiger partial charge in [-0.1, -0.05) is 0 Å². The smallest absolute Gasteiger partial charge is 0.142 e. The van der Waals surface area contributed by atoms with Crippen LogP contribution < -0.4 is 10.5 Å². The zero-order chi connectivity index (χ0) is 8.97. The van der Waals surface area contributed by atoms with Crippen LogP contribution in [0.4, 0.5) is 5.69 Å². The second-order valence-corrected chi connectivity index (χ2v) is 2.39. The highest BCUT2D eigenvalue weighted by Gasteiger charge is 2.03. The second kappa shape index (κ2) is 3.92. The van der Waals surface area contributed by atoms with Gasteiger partial charge < -0.3 is 15.6 Å². The average Bonchev–Trinajstić information content (AvgIpc) is 2.08. The van der Waals surface area contributed by atoms with E-state index in [0.29, 0.717) is 17.9 Å². The number of methoxy groups -OCH3 is 1. The van der Waals surface area contributed by atoms with Gasteiger partial charge in [0, 0.05) is 19.1 Å². The highest BCUT2D eigenvalue weighted by Crippen LogP contribution is 2.18. The maximum atomic E-state index is 8.68. The third-order valence-electron chi connectivity index (χ3n) is 1.52. The van der Waals surface area contributed by atoms with Crippen LogP contribution in [0.3, 0.4) is 0 Å². The molecule has 0 aromatic carbocycles. The van der Waals surface area contributed by atoms with Crippen LogP contribution in [0.25, 0.3) is 0 Å². The molecule has 0 fully saturated rings. The van der Waals surface area contributed by atoms with E-state index in [2.05, 4.69) is 4.98 Å². The monoisotopic (exact) mass is 168 g/mol. The van der Waals surface area contributed by atoms with E-state index in [1.165, 1.54) is 0 Å². The lowest BCUT2D eigenvalue weighted by Gasteiger charge is -2.06. The standard InChI is InChI=1S/C8H12N2O2/c1-12-8-4-6(9)5-10-7(8)2-3-11/h4-5,11H,2-3,9H2,1H3. The molecule has 0 aliphatic heterocycles. The molecule has 0 aliphatic carbocycles. The number of ether oxygens (including phenoxy) is 1. The lowest BCUT2D eigenvalue weighted by molar-refractivity contribution is 0.295. The SMILES string of the molecule is COc1cc(N)cnc1CCO. The van der Waals surface area contributed by atoms with E-state index < -0.39 is 0 Å². The molecule has 66 valence electrons. The highest BCUT2D eigenvalue weighted by molar-refractivity contribution is 5.43. The third kappa shape index (κ3) is 1.85. The number of nitrogens with zero attached hydrogens (tertiary/aromatic N) is 1. The fourth-order valence-corrected chi connectivity index (χ4v) is 0.958. The van der Waals surface area contributed by atoms with Crippen molar-refractivity contribution in [2.75, 3.05) is 19.5 Å². The summed E-state index contributed by atoms with van der Waals surface area (Å²) in [5.74, 6) is 0.629. The van der Waals surface area contributed by atoms with Crippen molar-refractivity contribution in [2.45, 2.75) is 6.42 Å². The Morgan fingerprint density at radius 1 is 1.67 bits per heavy atom. The van der Waals surface area contributed by atoms with Crippen molar-refractivity contribution in [3.05, 3.63) is 18.0 Å². The van der Waals surface area contributed by atoms with Crippen LogP contribution in [0.5, 0.6) is 5.75 Å². The van der Waals surface area contributed by atoms with Gasteiger partial charge in [0.15, 0.2) is 0 Å². The van der Waals surface area contributed by atoms with Crippen LogP contribution in [-0.4, -0.2) is 23.8 Å². The molecule has 0 unspecified atom stereocenters. The topological polar surface area (TPSA) is 68.4 Å². The van der Waals surface area contributed by atoms with Gasteiger partial charge in [-0.15, -0.1) is 0 Å². The minimum absolute atomic E-state index is 0.0628.